The first-order chi connectivity index (χ1) is 18.0. The van der Waals surface area contributed by atoms with Gasteiger partial charge in [-0.15, -0.1) is 0 Å². The molecule has 3 fully saturated rings. The number of nitrogens with one attached hydrogen (secondary N) is 1. The Morgan fingerprint density at radius 2 is 1.95 bits per heavy atom. The molecule has 3 N–H and O–H groups in total. The highest BCUT2D eigenvalue weighted by atomic mass is 16.7. The summed E-state index contributed by atoms with van der Waals surface area (Å²) in [6.45, 7) is 15.1. The summed E-state index contributed by atoms with van der Waals surface area (Å²) in [7, 11) is 0. The van der Waals surface area contributed by atoms with Crippen LogP contribution in [0.15, 0.2) is 34.6 Å². The Bertz CT molecular complexity index is 1230. The van der Waals surface area contributed by atoms with E-state index in [1.54, 1.807) is 27.7 Å². The van der Waals surface area contributed by atoms with Crippen molar-refractivity contribution >= 4 is 17.5 Å². The number of ether oxygens (including phenoxy) is 3. The van der Waals surface area contributed by atoms with Crippen LogP contribution in [-0.4, -0.2) is 57.9 Å². The number of carbonyl (C=O) groups is 2. The molecule has 0 aromatic carbocycles. The van der Waals surface area contributed by atoms with E-state index in [1.165, 1.54) is 6.92 Å². The summed E-state index contributed by atoms with van der Waals surface area (Å²) < 4.78 is 18.6. The van der Waals surface area contributed by atoms with Crippen molar-refractivity contribution in [3.8, 4) is 0 Å². The number of esters is 1. The van der Waals surface area contributed by atoms with Crippen molar-refractivity contribution in [2.45, 2.75) is 98.2 Å². The summed E-state index contributed by atoms with van der Waals surface area (Å²) in [6.07, 6.45) is 3.01. The Hall–Kier alpha value is -2.29. The van der Waals surface area contributed by atoms with Gasteiger partial charge in [-0.05, 0) is 81.3 Å². The van der Waals surface area contributed by atoms with Crippen molar-refractivity contribution in [1.29, 1.82) is 5.41 Å². The van der Waals surface area contributed by atoms with Crippen LogP contribution in [0.2, 0.25) is 0 Å². The Morgan fingerprint density at radius 3 is 2.56 bits per heavy atom. The van der Waals surface area contributed by atoms with E-state index in [0.29, 0.717) is 23.5 Å². The van der Waals surface area contributed by atoms with Gasteiger partial charge in [0.05, 0.1) is 12.0 Å². The Kier molecular flexibility index (Phi) is 6.41. The maximum absolute atomic E-state index is 14.8. The van der Waals surface area contributed by atoms with Crippen molar-refractivity contribution in [1.82, 2.24) is 0 Å². The molecular formula is C31H45NO7. The minimum Gasteiger partial charge on any atom is -0.512 e. The van der Waals surface area contributed by atoms with E-state index in [1.807, 2.05) is 19.1 Å². The fraction of sp³-hybridized carbons (Fsp3) is 0.710. The molecule has 1 saturated heterocycles. The zero-order chi connectivity index (χ0) is 28.9. The zero-order valence-corrected chi connectivity index (χ0v) is 24.4. The first kappa shape index (κ1) is 28.2. The molecule has 1 heterocycles. The molecule has 1 spiro atoms. The second kappa shape index (κ2) is 8.85. The summed E-state index contributed by atoms with van der Waals surface area (Å²) >= 11 is 0. The molecule has 4 aliphatic carbocycles. The highest BCUT2D eigenvalue weighted by Gasteiger charge is 2.76. The van der Waals surface area contributed by atoms with E-state index < -0.39 is 40.9 Å². The molecule has 1 aliphatic heterocycles. The lowest BCUT2D eigenvalue weighted by Crippen LogP contribution is -2.72. The van der Waals surface area contributed by atoms with Gasteiger partial charge in [-0.2, -0.15) is 0 Å². The smallest absolute Gasteiger partial charge is 0.344 e. The predicted octanol–water partition coefficient (Wildman–Crippen LogP) is 5.06. The quantitative estimate of drug-likeness (QED) is 0.149. The van der Waals surface area contributed by atoms with Crippen molar-refractivity contribution in [3.63, 3.8) is 0 Å². The molecule has 5 rings (SSSR count). The van der Waals surface area contributed by atoms with Gasteiger partial charge >= 0.3 is 5.97 Å². The van der Waals surface area contributed by atoms with E-state index in [2.05, 4.69) is 13.8 Å². The molecule has 8 heteroatoms. The topological polar surface area (TPSA) is 126 Å². The number of hydrogen-bond donors (Lipinski definition) is 3. The van der Waals surface area contributed by atoms with E-state index >= 15 is 0 Å². The number of aliphatic hydroxyl groups excluding tert-OH is 1. The molecule has 0 radical (unpaired) electrons. The second-order valence-electron chi connectivity index (χ2n) is 13.4. The minimum absolute atomic E-state index is 0. The lowest BCUT2D eigenvalue weighted by atomic mass is 9.51. The van der Waals surface area contributed by atoms with Gasteiger partial charge in [0.2, 0.25) is 0 Å². The van der Waals surface area contributed by atoms with E-state index in [9.17, 15) is 19.8 Å². The molecule has 216 valence electrons. The molecule has 39 heavy (non-hydrogen) atoms. The molecule has 2 saturated carbocycles. The van der Waals surface area contributed by atoms with E-state index in [0.717, 1.165) is 6.42 Å². The third-order valence-electron chi connectivity index (χ3n) is 10.6. The fourth-order valence-corrected chi connectivity index (χ4v) is 8.33. The molecule has 8 atom stereocenters. The fourth-order valence-electron chi connectivity index (χ4n) is 8.33. The van der Waals surface area contributed by atoms with Crippen LogP contribution in [0, 0.1) is 39.9 Å². The van der Waals surface area contributed by atoms with Crippen LogP contribution >= 0.6 is 0 Å². The van der Waals surface area contributed by atoms with Gasteiger partial charge < -0.3 is 29.8 Å². The van der Waals surface area contributed by atoms with Gasteiger partial charge in [-0.3, -0.25) is 4.79 Å². The van der Waals surface area contributed by atoms with Crippen molar-refractivity contribution < 1.29 is 35.4 Å². The van der Waals surface area contributed by atoms with Gasteiger partial charge in [0, 0.05) is 13.1 Å². The standard InChI is InChI=1S/C31H43NO7.H2/c1-9-21(32)22(17(4)33)27(35)38-25-15(2)10-11-30-16(3)12-20-23(28(20,5)6)19(24(30)34)13-18-14-37-29(7,8)39-26(18)31(25,30)36;/h10,13,16,19-20,23,25-26,32-33,36H,9,11-12,14H2,1-8H3;1H/b22-17+,32-21?;/t16-,19+,20-,23+,25+,26-,30+,31-;/m1./s1. The van der Waals surface area contributed by atoms with Gasteiger partial charge in [-0.1, -0.05) is 39.8 Å². The SMILES string of the molecule is CCC(=N)/C(C(=O)O[C@H]1C(C)=CC[C@]23C(=O)[C@@H](C=C4COC(C)(C)O[C@H]4[C@]12O)[C@H]1[C@@H](C[C@H]3C)C1(C)C)=C(/C)O.[HH]. The monoisotopic (exact) mass is 543 g/mol. The largest absolute Gasteiger partial charge is 0.512 e. The summed E-state index contributed by atoms with van der Waals surface area (Å²) in [5.41, 5.74) is -2.18. The van der Waals surface area contributed by atoms with Crippen molar-refractivity contribution in [2.75, 3.05) is 6.61 Å². The molecule has 0 aromatic rings. The van der Waals surface area contributed by atoms with Crippen LogP contribution in [0.3, 0.4) is 0 Å². The number of ketones is 1. The van der Waals surface area contributed by atoms with Gasteiger partial charge in [0.1, 0.15) is 28.8 Å². The minimum atomic E-state index is -1.93. The Labute approximate surface area is 232 Å². The second-order valence-corrected chi connectivity index (χ2v) is 13.4. The molecule has 8 nitrogen and oxygen atoms in total. The van der Waals surface area contributed by atoms with Crippen LogP contribution in [0.25, 0.3) is 0 Å². The maximum Gasteiger partial charge on any atom is 0.344 e. The van der Waals surface area contributed by atoms with Gasteiger partial charge in [-0.25, -0.2) is 4.79 Å². The Morgan fingerprint density at radius 1 is 1.28 bits per heavy atom. The summed E-state index contributed by atoms with van der Waals surface area (Å²) in [5, 5.41) is 31.7. The van der Waals surface area contributed by atoms with Crippen LogP contribution in [0.5, 0.6) is 0 Å². The zero-order valence-electron chi connectivity index (χ0n) is 24.4. The van der Waals surface area contributed by atoms with Crippen LogP contribution in [0.4, 0.5) is 0 Å². The third kappa shape index (κ3) is 3.77. The normalized spacial score (nSPS) is 42.2. The van der Waals surface area contributed by atoms with Crippen molar-refractivity contribution in [2.24, 2.45) is 34.5 Å². The number of Topliss-reactive ketones (excluding diaryl/α,β-unsaturated/α-hetero) is 1. The highest BCUT2D eigenvalue weighted by molar-refractivity contribution is 6.18. The number of hydrogen-bond acceptors (Lipinski definition) is 8. The maximum atomic E-state index is 14.8. The van der Waals surface area contributed by atoms with E-state index in [-0.39, 0.29) is 54.5 Å². The summed E-state index contributed by atoms with van der Waals surface area (Å²) in [6, 6.07) is 0. The summed E-state index contributed by atoms with van der Waals surface area (Å²) in [4.78, 5) is 28.4. The molecule has 5 aliphatic rings. The van der Waals surface area contributed by atoms with Crippen molar-refractivity contribution in [3.05, 3.63) is 34.6 Å². The first-order valence-electron chi connectivity index (χ1n) is 14.2. The number of fused-ring (bicyclic) bond motifs is 5. The van der Waals surface area contributed by atoms with Crippen LogP contribution in [-0.2, 0) is 23.8 Å². The highest BCUT2D eigenvalue weighted by Crippen LogP contribution is 2.72. The number of aliphatic hydroxyl groups is 2. The average molecular weight is 544 g/mol. The first-order valence-corrected chi connectivity index (χ1v) is 14.2. The summed E-state index contributed by atoms with van der Waals surface area (Å²) in [5.74, 6) is -2.42. The third-order valence-corrected chi connectivity index (χ3v) is 10.6. The van der Waals surface area contributed by atoms with E-state index in [4.69, 9.17) is 19.6 Å². The number of rotatable bonds is 4. The number of allylic oxidation sites excluding steroid dienone is 3. The van der Waals surface area contributed by atoms with Gasteiger partial charge in [0.15, 0.2) is 11.9 Å². The van der Waals surface area contributed by atoms with Crippen LogP contribution < -0.4 is 0 Å². The molecule has 2 bridgehead atoms. The molecule has 0 amide bonds. The lowest BCUT2D eigenvalue weighted by Gasteiger charge is -2.58. The van der Waals surface area contributed by atoms with Gasteiger partial charge in [0.25, 0.3) is 0 Å². The molecule has 0 aromatic heterocycles. The Balaban J connectivity index is 0.00000370. The molecule has 0 unspecified atom stereocenters. The predicted molar refractivity (Wildman–Crippen MR) is 147 cm³/mol. The number of carbonyl (C=O) groups excluding carboxylic acids is 2. The van der Waals surface area contributed by atoms with Crippen LogP contribution in [0.1, 0.15) is 76.1 Å². The lowest BCUT2D eigenvalue weighted by molar-refractivity contribution is -0.312. The average Bonchev–Trinajstić information content (AvgIpc) is 3.42. The molecular weight excluding hydrogens is 498 g/mol.